The van der Waals surface area contributed by atoms with E-state index in [0.717, 1.165) is 19.4 Å². The van der Waals surface area contributed by atoms with Crippen LogP contribution in [0.2, 0.25) is 0 Å². The summed E-state index contributed by atoms with van der Waals surface area (Å²) in [6, 6.07) is 0. The Morgan fingerprint density at radius 2 is 2.33 bits per heavy atom. The zero-order valence-corrected chi connectivity index (χ0v) is 10.6. The maximum atomic E-state index is 12.4. The van der Waals surface area contributed by atoms with Crippen LogP contribution >= 0.6 is 0 Å². The van der Waals surface area contributed by atoms with E-state index in [1.807, 2.05) is 6.92 Å². The number of hydrogen-bond donors (Lipinski definition) is 2. The van der Waals surface area contributed by atoms with Gasteiger partial charge in [0.15, 0.2) is 0 Å². The van der Waals surface area contributed by atoms with Gasteiger partial charge in [-0.1, -0.05) is 0 Å². The Morgan fingerprint density at radius 3 is 2.94 bits per heavy atom. The topological polar surface area (TPSA) is 78.9 Å². The summed E-state index contributed by atoms with van der Waals surface area (Å²) in [5, 5.41) is 12.0. The molecule has 0 bridgehead atoms. The fraction of sp³-hybridized carbons (Fsp3) is 0.833. The normalized spacial score (nSPS) is 32.5. The number of nitrogens with one attached hydrogen (secondary N) is 1. The molecule has 0 aromatic carbocycles. The maximum Gasteiger partial charge on any atom is 0.306 e. The molecule has 102 valence electrons. The standard InChI is InChI=1S/C12H20N2O4/c1-12(3-2-4-13-12)11(17)14-5-6-18-9(8-14)7-10(15)16/h9,13H,2-8H2,1H3,(H,15,16). The van der Waals surface area contributed by atoms with E-state index < -0.39 is 11.5 Å². The quantitative estimate of drug-likeness (QED) is 0.733. The highest BCUT2D eigenvalue weighted by molar-refractivity contribution is 5.86. The molecule has 0 radical (unpaired) electrons. The molecule has 2 rings (SSSR count). The third-order valence-electron chi connectivity index (χ3n) is 3.67. The number of morpholine rings is 1. The first-order chi connectivity index (χ1) is 8.51. The van der Waals surface area contributed by atoms with E-state index in [-0.39, 0.29) is 18.4 Å². The number of rotatable bonds is 3. The zero-order chi connectivity index (χ0) is 13.2. The summed E-state index contributed by atoms with van der Waals surface area (Å²) in [5.41, 5.74) is -0.481. The van der Waals surface area contributed by atoms with Gasteiger partial charge in [0.25, 0.3) is 0 Å². The van der Waals surface area contributed by atoms with Crippen molar-refractivity contribution in [3.63, 3.8) is 0 Å². The van der Waals surface area contributed by atoms with E-state index in [2.05, 4.69) is 5.32 Å². The van der Waals surface area contributed by atoms with Crippen LogP contribution in [0, 0.1) is 0 Å². The van der Waals surface area contributed by atoms with Crippen LogP contribution in [0.5, 0.6) is 0 Å². The summed E-state index contributed by atoms with van der Waals surface area (Å²) in [7, 11) is 0. The van der Waals surface area contributed by atoms with E-state index in [9.17, 15) is 9.59 Å². The van der Waals surface area contributed by atoms with Crippen molar-refractivity contribution in [2.45, 2.75) is 37.8 Å². The molecule has 0 aromatic rings. The fourth-order valence-corrected chi connectivity index (χ4v) is 2.65. The van der Waals surface area contributed by atoms with Crippen LogP contribution in [0.15, 0.2) is 0 Å². The minimum Gasteiger partial charge on any atom is -0.481 e. The lowest BCUT2D eigenvalue weighted by Crippen LogP contribution is -2.57. The van der Waals surface area contributed by atoms with Gasteiger partial charge in [-0.25, -0.2) is 0 Å². The highest BCUT2D eigenvalue weighted by Gasteiger charge is 2.40. The van der Waals surface area contributed by atoms with Crippen LogP contribution in [0.3, 0.4) is 0 Å². The molecule has 0 aliphatic carbocycles. The van der Waals surface area contributed by atoms with Crippen molar-refractivity contribution in [2.24, 2.45) is 0 Å². The number of hydrogen-bond acceptors (Lipinski definition) is 4. The summed E-state index contributed by atoms with van der Waals surface area (Å²) >= 11 is 0. The van der Waals surface area contributed by atoms with Gasteiger partial charge in [-0.2, -0.15) is 0 Å². The van der Waals surface area contributed by atoms with Gasteiger partial charge in [-0.15, -0.1) is 0 Å². The summed E-state index contributed by atoms with van der Waals surface area (Å²) in [5.74, 6) is -0.821. The molecule has 2 atom stereocenters. The molecule has 0 saturated carbocycles. The highest BCUT2D eigenvalue weighted by Crippen LogP contribution is 2.22. The Balaban J connectivity index is 1.95. The molecule has 18 heavy (non-hydrogen) atoms. The van der Waals surface area contributed by atoms with Crippen LogP contribution in [-0.4, -0.2) is 59.8 Å². The van der Waals surface area contributed by atoms with Crippen molar-refractivity contribution in [1.82, 2.24) is 10.2 Å². The lowest BCUT2D eigenvalue weighted by atomic mass is 9.97. The third-order valence-corrected chi connectivity index (χ3v) is 3.67. The molecule has 2 aliphatic rings. The van der Waals surface area contributed by atoms with Crippen LogP contribution in [-0.2, 0) is 14.3 Å². The molecule has 0 aromatic heterocycles. The van der Waals surface area contributed by atoms with Gasteiger partial charge in [0, 0.05) is 13.1 Å². The Hall–Kier alpha value is -1.14. The molecule has 2 unspecified atom stereocenters. The summed E-state index contributed by atoms with van der Waals surface area (Å²) in [4.78, 5) is 24.8. The van der Waals surface area contributed by atoms with E-state index in [1.54, 1.807) is 4.90 Å². The Bertz CT molecular complexity index is 339. The van der Waals surface area contributed by atoms with Crippen molar-refractivity contribution >= 4 is 11.9 Å². The van der Waals surface area contributed by atoms with Crippen LogP contribution in [0.1, 0.15) is 26.2 Å². The molecule has 2 aliphatic heterocycles. The maximum absolute atomic E-state index is 12.4. The minimum atomic E-state index is -0.889. The fourth-order valence-electron chi connectivity index (χ4n) is 2.65. The van der Waals surface area contributed by atoms with Crippen LogP contribution in [0.4, 0.5) is 0 Å². The van der Waals surface area contributed by atoms with E-state index in [4.69, 9.17) is 9.84 Å². The van der Waals surface area contributed by atoms with Gasteiger partial charge < -0.3 is 20.1 Å². The summed E-state index contributed by atoms with van der Waals surface area (Å²) in [6.45, 7) is 4.13. The smallest absolute Gasteiger partial charge is 0.306 e. The van der Waals surface area contributed by atoms with Crippen molar-refractivity contribution in [3.8, 4) is 0 Å². The molecule has 0 spiro atoms. The largest absolute Gasteiger partial charge is 0.481 e. The van der Waals surface area contributed by atoms with Crippen molar-refractivity contribution < 1.29 is 19.4 Å². The first kappa shape index (κ1) is 13.3. The third kappa shape index (κ3) is 2.81. The average Bonchev–Trinajstić information content (AvgIpc) is 2.76. The zero-order valence-electron chi connectivity index (χ0n) is 10.6. The second-order valence-corrected chi connectivity index (χ2v) is 5.20. The SMILES string of the molecule is CC1(C(=O)N2CCOC(CC(=O)O)C2)CCCN1. The minimum absolute atomic E-state index is 0.0477. The van der Waals surface area contributed by atoms with Crippen molar-refractivity contribution in [3.05, 3.63) is 0 Å². The molecular weight excluding hydrogens is 236 g/mol. The number of carbonyl (C=O) groups is 2. The molecular formula is C12H20N2O4. The molecule has 1 amide bonds. The summed E-state index contributed by atoms with van der Waals surface area (Å²) in [6.07, 6.45) is 1.41. The summed E-state index contributed by atoms with van der Waals surface area (Å²) < 4.78 is 5.37. The first-order valence-electron chi connectivity index (χ1n) is 6.39. The van der Waals surface area contributed by atoms with Crippen molar-refractivity contribution in [1.29, 1.82) is 0 Å². The number of carbonyl (C=O) groups excluding carboxylic acids is 1. The van der Waals surface area contributed by atoms with Crippen molar-refractivity contribution in [2.75, 3.05) is 26.2 Å². The monoisotopic (exact) mass is 256 g/mol. The molecule has 6 heteroatoms. The van der Waals surface area contributed by atoms with E-state index in [1.165, 1.54) is 0 Å². The first-order valence-corrected chi connectivity index (χ1v) is 6.39. The number of aliphatic carboxylic acids is 1. The molecule has 2 heterocycles. The highest BCUT2D eigenvalue weighted by atomic mass is 16.5. The number of carboxylic acid groups (broad SMARTS) is 1. The predicted molar refractivity (Wildman–Crippen MR) is 64.2 cm³/mol. The van der Waals surface area contributed by atoms with Gasteiger partial charge in [-0.05, 0) is 26.3 Å². The van der Waals surface area contributed by atoms with Crippen LogP contribution in [0.25, 0.3) is 0 Å². The Morgan fingerprint density at radius 1 is 1.56 bits per heavy atom. The van der Waals surface area contributed by atoms with Gasteiger partial charge in [0.2, 0.25) is 5.91 Å². The number of carboxylic acids is 1. The van der Waals surface area contributed by atoms with E-state index >= 15 is 0 Å². The second-order valence-electron chi connectivity index (χ2n) is 5.20. The van der Waals surface area contributed by atoms with Gasteiger partial charge >= 0.3 is 5.97 Å². The number of ether oxygens (including phenoxy) is 1. The second kappa shape index (κ2) is 5.24. The molecule has 2 saturated heterocycles. The molecule has 2 fully saturated rings. The number of nitrogens with zero attached hydrogens (tertiary/aromatic N) is 1. The molecule has 6 nitrogen and oxygen atoms in total. The van der Waals surface area contributed by atoms with Gasteiger partial charge in [0.1, 0.15) is 0 Å². The predicted octanol–water partition coefficient (Wildman–Crippen LogP) is -0.169. The average molecular weight is 256 g/mol. The van der Waals surface area contributed by atoms with E-state index in [0.29, 0.717) is 19.7 Å². The molecule has 2 N–H and O–H groups in total. The van der Waals surface area contributed by atoms with Gasteiger partial charge in [-0.3, -0.25) is 9.59 Å². The number of amides is 1. The van der Waals surface area contributed by atoms with Crippen LogP contribution < -0.4 is 5.32 Å². The lowest BCUT2D eigenvalue weighted by molar-refractivity contribution is -0.150. The Labute approximate surface area is 106 Å². The lowest BCUT2D eigenvalue weighted by Gasteiger charge is -2.37. The Kier molecular flexibility index (Phi) is 3.87. The van der Waals surface area contributed by atoms with Gasteiger partial charge in [0.05, 0.1) is 24.7 Å².